The van der Waals surface area contributed by atoms with E-state index in [2.05, 4.69) is 49.2 Å². The number of hydrogen-bond donors (Lipinski definition) is 1. The SMILES string of the molecule is CC(C)c1ccc(C(C#N)c2cc[nH]c2)cc1. The zero-order chi connectivity index (χ0) is 12.3. The second-order valence-electron chi connectivity index (χ2n) is 4.53. The first-order chi connectivity index (χ1) is 8.22. The van der Waals surface area contributed by atoms with E-state index in [0.29, 0.717) is 5.92 Å². The van der Waals surface area contributed by atoms with Crippen molar-refractivity contribution in [2.45, 2.75) is 25.7 Å². The number of rotatable bonds is 3. The largest absolute Gasteiger partial charge is 0.367 e. The van der Waals surface area contributed by atoms with Crippen molar-refractivity contribution in [3.63, 3.8) is 0 Å². The van der Waals surface area contributed by atoms with E-state index < -0.39 is 0 Å². The maximum Gasteiger partial charge on any atom is 0.0977 e. The Bertz CT molecular complexity index is 501. The fourth-order valence-corrected chi connectivity index (χ4v) is 1.93. The summed E-state index contributed by atoms with van der Waals surface area (Å²) in [6, 6.07) is 12.6. The molecule has 2 aromatic rings. The van der Waals surface area contributed by atoms with Crippen LogP contribution in [0.4, 0.5) is 0 Å². The molecule has 0 amide bonds. The predicted octanol–water partition coefficient (Wildman–Crippen LogP) is 3.79. The first kappa shape index (κ1) is 11.5. The second-order valence-corrected chi connectivity index (χ2v) is 4.53. The molecule has 0 saturated carbocycles. The number of hydrogen-bond acceptors (Lipinski definition) is 1. The molecular formula is C15H16N2. The molecule has 0 aliphatic rings. The molecule has 2 heteroatoms. The summed E-state index contributed by atoms with van der Waals surface area (Å²) in [4.78, 5) is 2.99. The Labute approximate surface area is 102 Å². The molecule has 17 heavy (non-hydrogen) atoms. The molecule has 0 saturated heterocycles. The van der Waals surface area contributed by atoms with Crippen molar-refractivity contribution in [2.24, 2.45) is 0 Å². The highest BCUT2D eigenvalue weighted by atomic mass is 14.6. The number of nitriles is 1. The molecule has 2 nitrogen and oxygen atoms in total. The summed E-state index contributed by atoms with van der Waals surface area (Å²) in [6.07, 6.45) is 3.73. The minimum absolute atomic E-state index is 0.178. The molecule has 1 aromatic carbocycles. The van der Waals surface area contributed by atoms with Gasteiger partial charge >= 0.3 is 0 Å². The Balaban J connectivity index is 2.30. The van der Waals surface area contributed by atoms with Crippen molar-refractivity contribution < 1.29 is 0 Å². The van der Waals surface area contributed by atoms with Gasteiger partial charge in [0.15, 0.2) is 0 Å². The highest BCUT2D eigenvalue weighted by Gasteiger charge is 2.13. The van der Waals surface area contributed by atoms with E-state index in [1.165, 1.54) is 5.56 Å². The molecular weight excluding hydrogens is 208 g/mol. The highest BCUT2D eigenvalue weighted by Crippen LogP contribution is 2.25. The van der Waals surface area contributed by atoms with Gasteiger partial charge < -0.3 is 4.98 Å². The van der Waals surface area contributed by atoms with Crippen molar-refractivity contribution in [1.82, 2.24) is 4.98 Å². The smallest absolute Gasteiger partial charge is 0.0977 e. The van der Waals surface area contributed by atoms with E-state index in [4.69, 9.17) is 0 Å². The summed E-state index contributed by atoms with van der Waals surface area (Å²) >= 11 is 0. The number of H-pyrrole nitrogens is 1. The molecule has 0 aliphatic carbocycles. The fraction of sp³-hybridized carbons (Fsp3) is 0.267. The maximum absolute atomic E-state index is 9.27. The summed E-state index contributed by atoms with van der Waals surface area (Å²) in [7, 11) is 0. The van der Waals surface area contributed by atoms with Crippen LogP contribution in [0.2, 0.25) is 0 Å². The topological polar surface area (TPSA) is 39.6 Å². The van der Waals surface area contributed by atoms with E-state index in [-0.39, 0.29) is 5.92 Å². The molecule has 0 radical (unpaired) electrons. The van der Waals surface area contributed by atoms with Gasteiger partial charge in [-0.2, -0.15) is 5.26 Å². The minimum atomic E-state index is -0.178. The lowest BCUT2D eigenvalue weighted by atomic mass is 9.92. The summed E-state index contributed by atoms with van der Waals surface area (Å²) in [6.45, 7) is 4.34. The van der Waals surface area contributed by atoms with E-state index in [9.17, 15) is 5.26 Å². The maximum atomic E-state index is 9.27. The number of aromatic amines is 1. The number of nitrogens with zero attached hydrogens (tertiary/aromatic N) is 1. The van der Waals surface area contributed by atoms with E-state index in [0.717, 1.165) is 11.1 Å². The lowest BCUT2D eigenvalue weighted by molar-refractivity contribution is 0.864. The third kappa shape index (κ3) is 2.39. The van der Waals surface area contributed by atoms with Gasteiger partial charge in [-0.3, -0.25) is 0 Å². The monoisotopic (exact) mass is 224 g/mol. The molecule has 0 fully saturated rings. The van der Waals surface area contributed by atoms with Crippen LogP contribution < -0.4 is 0 Å². The van der Waals surface area contributed by atoms with Crippen LogP contribution in [0.5, 0.6) is 0 Å². The van der Waals surface area contributed by atoms with Gasteiger partial charge in [0.2, 0.25) is 0 Å². The minimum Gasteiger partial charge on any atom is -0.367 e. The van der Waals surface area contributed by atoms with Crippen molar-refractivity contribution in [1.29, 1.82) is 5.26 Å². The molecule has 1 atom stereocenters. The van der Waals surface area contributed by atoms with Crippen molar-refractivity contribution in [3.8, 4) is 6.07 Å². The van der Waals surface area contributed by atoms with E-state index >= 15 is 0 Å². The standard InChI is InChI=1S/C15H16N2/c1-11(2)12-3-5-13(6-4-12)15(9-16)14-7-8-17-10-14/h3-8,10-11,15,17H,1-2H3. The fourth-order valence-electron chi connectivity index (χ4n) is 1.93. The van der Waals surface area contributed by atoms with E-state index in [1.807, 2.05) is 18.5 Å². The Kier molecular flexibility index (Phi) is 3.30. The average molecular weight is 224 g/mol. The molecule has 0 bridgehead atoms. The Hall–Kier alpha value is -2.01. The lowest BCUT2D eigenvalue weighted by Crippen LogP contribution is -1.97. The molecule has 1 N–H and O–H groups in total. The summed E-state index contributed by atoms with van der Waals surface area (Å²) in [5.41, 5.74) is 3.38. The van der Waals surface area contributed by atoms with Crippen LogP contribution in [0.25, 0.3) is 0 Å². The molecule has 1 unspecified atom stereocenters. The third-order valence-electron chi connectivity index (χ3n) is 3.02. The van der Waals surface area contributed by atoms with Crippen molar-refractivity contribution >= 4 is 0 Å². The van der Waals surface area contributed by atoms with Crippen LogP contribution >= 0.6 is 0 Å². The van der Waals surface area contributed by atoms with Gasteiger partial charge in [0.25, 0.3) is 0 Å². The van der Waals surface area contributed by atoms with Crippen molar-refractivity contribution in [2.75, 3.05) is 0 Å². The van der Waals surface area contributed by atoms with E-state index in [1.54, 1.807) is 0 Å². The summed E-state index contributed by atoms with van der Waals surface area (Å²) in [5.74, 6) is 0.347. The van der Waals surface area contributed by atoms with Crippen molar-refractivity contribution in [3.05, 3.63) is 59.4 Å². The Morgan fingerprint density at radius 1 is 1.00 bits per heavy atom. The number of benzene rings is 1. The van der Waals surface area contributed by atoms with Gasteiger partial charge in [-0.15, -0.1) is 0 Å². The van der Waals surface area contributed by atoms with Crippen LogP contribution in [0.1, 0.15) is 42.4 Å². The van der Waals surface area contributed by atoms with Gasteiger partial charge in [0.05, 0.1) is 12.0 Å². The molecule has 1 heterocycles. The van der Waals surface area contributed by atoms with Gasteiger partial charge in [-0.25, -0.2) is 0 Å². The molecule has 0 spiro atoms. The molecule has 1 aromatic heterocycles. The second kappa shape index (κ2) is 4.88. The van der Waals surface area contributed by atoms with Gasteiger partial charge in [-0.1, -0.05) is 38.1 Å². The highest BCUT2D eigenvalue weighted by molar-refractivity contribution is 5.38. The zero-order valence-electron chi connectivity index (χ0n) is 10.1. The first-order valence-corrected chi connectivity index (χ1v) is 5.84. The molecule has 0 aliphatic heterocycles. The quantitative estimate of drug-likeness (QED) is 0.846. The first-order valence-electron chi connectivity index (χ1n) is 5.84. The van der Waals surface area contributed by atoms with Gasteiger partial charge in [-0.05, 0) is 28.7 Å². The lowest BCUT2D eigenvalue weighted by Gasteiger charge is -2.10. The predicted molar refractivity (Wildman–Crippen MR) is 68.8 cm³/mol. The number of aromatic nitrogens is 1. The van der Waals surface area contributed by atoms with Crippen LogP contribution in [-0.4, -0.2) is 4.98 Å². The van der Waals surface area contributed by atoms with Gasteiger partial charge in [0.1, 0.15) is 0 Å². The average Bonchev–Trinajstić information content (AvgIpc) is 2.84. The third-order valence-corrected chi connectivity index (χ3v) is 3.02. The number of nitrogens with one attached hydrogen (secondary N) is 1. The van der Waals surface area contributed by atoms with Crippen LogP contribution in [0.3, 0.4) is 0 Å². The molecule has 2 rings (SSSR count). The normalized spacial score (nSPS) is 12.4. The van der Waals surface area contributed by atoms with Crippen LogP contribution in [0, 0.1) is 11.3 Å². The molecule has 86 valence electrons. The summed E-state index contributed by atoms with van der Waals surface area (Å²) < 4.78 is 0. The Morgan fingerprint density at radius 3 is 2.12 bits per heavy atom. The Morgan fingerprint density at radius 2 is 1.65 bits per heavy atom. The van der Waals surface area contributed by atoms with Crippen LogP contribution in [-0.2, 0) is 0 Å². The zero-order valence-corrected chi connectivity index (χ0v) is 10.1. The summed E-state index contributed by atoms with van der Waals surface area (Å²) in [5, 5.41) is 9.27. The van der Waals surface area contributed by atoms with Crippen LogP contribution in [0.15, 0.2) is 42.7 Å². The van der Waals surface area contributed by atoms with Gasteiger partial charge in [0, 0.05) is 12.4 Å².